The van der Waals surface area contributed by atoms with E-state index in [-0.39, 0.29) is 78.7 Å². The van der Waals surface area contributed by atoms with Crippen molar-refractivity contribution in [1.29, 1.82) is 0 Å². The minimum atomic E-state index is -0.192. The van der Waals surface area contributed by atoms with Crippen LogP contribution in [0.5, 0.6) is 0 Å². The number of benzene rings is 6. The summed E-state index contributed by atoms with van der Waals surface area (Å²) in [6, 6.07) is 51.7. The van der Waals surface area contributed by atoms with Crippen molar-refractivity contribution in [2.24, 2.45) is 9.98 Å². The molecule has 2 unspecified atom stereocenters. The van der Waals surface area contributed by atoms with Gasteiger partial charge in [0.2, 0.25) is 0 Å². The molecule has 4 atom stereocenters. The first-order valence-electron chi connectivity index (χ1n) is 18.8. The number of aliphatic imine (C=N–C) groups is 2. The van der Waals surface area contributed by atoms with Crippen LogP contribution in [-0.2, 0) is 42.7 Å². The van der Waals surface area contributed by atoms with Crippen molar-refractivity contribution >= 4 is 11.8 Å². The Morgan fingerprint density at radius 3 is 1.21 bits per heavy atom. The van der Waals surface area contributed by atoms with Crippen LogP contribution in [0.4, 0.5) is 0 Å². The van der Waals surface area contributed by atoms with Crippen LogP contribution >= 0.6 is 0 Å². The van der Waals surface area contributed by atoms with Gasteiger partial charge in [0, 0.05) is 0 Å². The van der Waals surface area contributed by atoms with Crippen molar-refractivity contribution in [3.05, 3.63) is 190 Å². The van der Waals surface area contributed by atoms with Gasteiger partial charge in [-0.3, -0.25) is 0 Å². The first-order valence-corrected chi connectivity index (χ1v) is 18.8. The third kappa shape index (κ3) is 9.52. The molecule has 0 aliphatic carbocycles. The van der Waals surface area contributed by atoms with Crippen molar-refractivity contribution in [3.63, 3.8) is 0 Å². The van der Waals surface area contributed by atoms with Crippen molar-refractivity contribution in [2.75, 3.05) is 0 Å². The van der Waals surface area contributed by atoms with Gasteiger partial charge in [-0.25, -0.2) is 9.98 Å². The molecule has 2 aliphatic rings. The maximum absolute atomic E-state index is 6.79. The molecule has 0 radical (unpaired) electrons. The van der Waals surface area contributed by atoms with Crippen LogP contribution in [0.1, 0.15) is 63.1 Å². The molecule has 0 bridgehead atoms. The fourth-order valence-corrected chi connectivity index (χ4v) is 7.99. The molecule has 0 saturated heterocycles. The van der Waals surface area contributed by atoms with Gasteiger partial charge >= 0.3 is 20.4 Å². The van der Waals surface area contributed by atoms with Gasteiger partial charge in [0.25, 0.3) is 0 Å². The van der Waals surface area contributed by atoms with Gasteiger partial charge in [0.15, 0.2) is 11.8 Å². The van der Waals surface area contributed by atoms with Crippen LogP contribution in [0.15, 0.2) is 156 Å². The predicted molar refractivity (Wildman–Crippen MR) is 218 cm³/mol. The number of aryl methyl sites for hydroxylation is 4. The monoisotopic (exact) mass is 958 g/mol. The number of nitrogens with zero attached hydrogens (tertiary/aromatic N) is 2. The van der Waals surface area contributed by atoms with E-state index in [2.05, 4.69) is 173 Å². The second-order valence-corrected chi connectivity index (χ2v) is 14.6. The molecule has 0 saturated carbocycles. The van der Waals surface area contributed by atoms with Crippen LogP contribution < -0.4 is 34.0 Å². The van der Waals surface area contributed by atoms with E-state index in [1.807, 2.05) is 0 Å². The standard InChI is InChI=1S/C49H46N2O2.2BrH.Pd/c1-32-15-5-9-23-40(32)38-21-13-19-36(27-38)29-44-48(42-25-11-7-17-34(42)3)52-46(50-44)31-47-51-45(49(53-47)43-26-12-8-18-35(43)4)30-37-20-14-22-39(28-37)41-24-10-6-16-33(41)2;;;/h5-28,44-45,48-49H,29-31H2,1-4H3;2*1H;/q;;;+2/p-2/t44-,45-,48?,49?;;;/m1.../s1. The Labute approximate surface area is 366 Å². The largest absolute Gasteiger partial charge is 2.00 e. The first-order chi connectivity index (χ1) is 25.9. The maximum Gasteiger partial charge on any atom is 2.00 e. The summed E-state index contributed by atoms with van der Waals surface area (Å²) in [6.45, 7) is 8.65. The van der Waals surface area contributed by atoms with Gasteiger partial charge in [-0.05, 0) is 107 Å². The Morgan fingerprint density at radius 1 is 0.446 bits per heavy atom. The maximum atomic E-state index is 6.79. The molecule has 2 heterocycles. The number of halogens is 2. The summed E-state index contributed by atoms with van der Waals surface area (Å²) in [5.41, 5.74) is 14.7. The molecule has 6 aromatic carbocycles. The summed E-state index contributed by atoms with van der Waals surface area (Å²) >= 11 is 0. The molecule has 6 aromatic rings. The van der Waals surface area contributed by atoms with Gasteiger partial charge in [-0.2, -0.15) is 0 Å². The van der Waals surface area contributed by atoms with Gasteiger partial charge in [0.05, 0.1) is 18.5 Å². The molecular formula is C49H46Br2N2O2Pd. The normalized spacial score (nSPS) is 18.3. The molecule has 4 nitrogen and oxygen atoms in total. The first kappa shape index (κ1) is 43.0. The fourth-order valence-electron chi connectivity index (χ4n) is 7.99. The molecular weight excluding hydrogens is 915 g/mol. The molecule has 56 heavy (non-hydrogen) atoms. The van der Waals surface area contributed by atoms with Crippen LogP contribution in [0.2, 0.25) is 0 Å². The Balaban J connectivity index is 0.00000200. The number of rotatable bonds is 10. The Kier molecular flexibility index (Phi) is 14.9. The summed E-state index contributed by atoms with van der Waals surface area (Å²) in [5.74, 6) is 1.37. The third-order valence-corrected chi connectivity index (χ3v) is 10.8. The van der Waals surface area contributed by atoms with Crippen LogP contribution in [0.25, 0.3) is 22.3 Å². The second kappa shape index (κ2) is 19.4. The fraction of sp³-hybridized carbons (Fsp3) is 0.224. The Bertz CT molecular complexity index is 2180. The van der Waals surface area contributed by atoms with Gasteiger partial charge in [0.1, 0.15) is 12.2 Å². The van der Waals surface area contributed by atoms with E-state index in [1.165, 1.54) is 66.8 Å². The molecule has 8 rings (SSSR count). The van der Waals surface area contributed by atoms with Crippen molar-refractivity contribution in [3.8, 4) is 22.3 Å². The Morgan fingerprint density at radius 2 is 0.821 bits per heavy atom. The van der Waals surface area contributed by atoms with E-state index in [4.69, 9.17) is 19.5 Å². The molecule has 0 N–H and O–H groups in total. The van der Waals surface area contributed by atoms with Gasteiger partial charge < -0.3 is 43.4 Å². The summed E-state index contributed by atoms with van der Waals surface area (Å²) in [6.07, 6.45) is 1.57. The minimum absolute atomic E-state index is 0. The summed E-state index contributed by atoms with van der Waals surface area (Å²) < 4.78 is 13.6. The second-order valence-electron chi connectivity index (χ2n) is 14.6. The number of hydrogen-bond acceptors (Lipinski definition) is 4. The molecule has 0 spiro atoms. The number of hydrogen-bond donors (Lipinski definition) is 0. The van der Waals surface area contributed by atoms with Gasteiger partial charge in [-0.15, -0.1) is 0 Å². The molecule has 288 valence electrons. The van der Waals surface area contributed by atoms with E-state index in [0.717, 1.165) is 12.8 Å². The molecule has 7 heteroatoms. The van der Waals surface area contributed by atoms with E-state index in [1.54, 1.807) is 0 Å². The predicted octanol–water partition coefficient (Wildman–Crippen LogP) is 5.51. The molecule has 0 amide bonds. The van der Waals surface area contributed by atoms with Crippen molar-refractivity contribution in [1.82, 2.24) is 0 Å². The molecule has 0 fully saturated rings. The molecule has 2 aliphatic heterocycles. The number of ether oxygens (including phenoxy) is 2. The van der Waals surface area contributed by atoms with E-state index >= 15 is 0 Å². The average molecular weight is 961 g/mol. The summed E-state index contributed by atoms with van der Waals surface area (Å²) in [5, 5.41) is 0. The summed E-state index contributed by atoms with van der Waals surface area (Å²) in [4.78, 5) is 10.6. The van der Waals surface area contributed by atoms with Gasteiger partial charge in [-0.1, -0.05) is 146 Å². The average Bonchev–Trinajstić information content (AvgIpc) is 3.75. The minimum Gasteiger partial charge on any atom is -1.00 e. The van der Waals surface area contributed by atoms with Crippen molar-refractivity contribution in [2.45, 2.75) is 71.2 Å². The third-order valence-electron chi connectivity index (χ3n) is 10.8. The zero-order valence-corrected chi connectivity index (χ0v) is 36.8. The van der Waals surface area contributed by atoms with E-state index in [0.29, 0.717) is 18.2 Å². The smallest absolute Gasteiger partial charge is 1.00 e. The van der Waals surface area contributed by atoms with Crippen LogP contribution in [-0.4, -0.2) is 23.9 Å². The van der Waals surface area contributed by atoms with E-state index < -0.39 is 0 Å². The summed E-state index contributed by atoms with van der Waals surface area (Å²) in [7, 11) is 0. The zero-order valence-electron chi connectivity index (χ0n) is 32.1. The molecule has 0 aromatic heterocycles. The van der Waals surface area contributed by atoms with Crippen molar-refractivity contribution < 1.29 is 63.9 Å². The van der Waals surface area contributed by atoms with Crippen LogP contribution in [0, 0.1) is 27.7 Å². The zero-order chi connectivity index (χ0) is 36.3. The topological polar surface area (TPSA) is 43.2 Å². The Hall–Kier alpha value is -4.12. The quantitative estimate of drug-likeness (QED) is 0.170. The van der Waals surface area contributed by atoms with Crippen LogP contribution in [0.3, 0.4) is 0 Å². The SMILES string of the molecule is Cc1ccccc1-c1cccc(C[C@H]2N=C(CC3=N[C@H](Cc4cccc(-c5ccccc5C)c4)C(c4ccccc4C)O3)OC2c2ccccc2C)c1.[Br-].[Br-].[Pd+2]. The van der Waals surface area contributed by atoms with E-state index in [9.17, 15) is 0 Å².